The number of halogens is 2. The van der Waals surface area contributed by atoms with Crippen LogP contribution >= 0.6 is 0 Å². The van der Waals surface area contributed by atoms with Crippen molar-refractivity contribution in [3.8, 4) is 0 Å². The lowest BCUT2D eigenvalue weighted by Gasteiger charge is -2.36. The standard InChI is InChI=1S/C24H27F2N5O2/c1-2-30-9-11-31(12-10-30)23(32)22(13-16-15-27-20-6-4-3-5-18(16)20)29-24(33)28-21-8-7-17(25)14-19(21)26/h3-8,14-15,22,27H,2,9-13H2,1H3,(H2,28,29,33). The van der Waals surface area contributed by atoms with Gasteiger partial charge in [-0.2, -0.15) is 0 Å². The number of piperazine rings is 1. The molecule has 0 bridgehead atoms. The molecule has 1 saturated heterocycles. The van der Waals surface area contributed by atoms with Crippen LogP contribution in [0.1, 0.15) is 12.5 Å². The maximum Gasteiger partial charge on any atom is 0.319 e. The quantitative estimate of drug-likeness (QED) is 0.533. The van der Waals surface area contributed by atoms with E-state index in [1.807, 2.05) is 30.5 Å². The van der Waals surface area contributed by atoms with Crippen molar-refractivity contribution in [3.05, 3.63) is 65.9 Å². The number of carbonyl (C=O) groups excluding carboxylic acids is 2. The van der Waals surface area contributed by atoms with E-state index in [0.717, 1.165) is 48.2 Å². The minimum Gasteiger partial charge on any atom is -0.361 e. The molecule has 1 aromatic heterocycles. The molecule has 9 heteroatoms. The zero-order chi connectivity index (χ0) is 23.4. The zero-order valence-corrected chi connectivity index (χ0v) is 18.4. The minimum atomic E-state index is -0.889. The Labute approximate surface area is 190 Å². The maximum atomic E-state index is 14.0. The number of carbonyl (C=O) groups is 2. The van der Waals surface area contributed by atoms with Crippen molar-refractivity contribution < 1.29 is 18.4 Å². The average molecular weight is 456 g/mol. The number of urea groups is 1. The summed E-state index contributed by atoms with van der Waals surface area (Å²) in [5, 5.41) is 6.05. The van der Waals surface area contributed by atoms with Crippen LogP contribution in [0.2, 0.25) is 0 Å². The fourth-order valence-electron chi connectivity index (χ4n) is 4.13. The van der Waals surface area contributed by atoms with Gasteiger partial charge in [0.05, 0.1) is 5.69 Å². The summed E-state index contributed by atoms with van der Waals surface area (Å²) in [6, 6.07) is 9.04. The molecule has 1 unspecified atom stereocenters. The van der Waals surface area contributed by atoms with Crippen LogP contribution in [0, 0.1) is 11.6 Å². The largest absolute Gasteiger partial charge is 0.361 e. The van der Waals surface area contributed by atoms with E-state index in [4.69, 9.17) is 0 Å². The van der Waals surface area contributed by atoms with Crippen molar-refractivity contribution in [1.29, 1.82) is 0 Å². The molecule has 0 radical (unpaired) electrons. The number of likely N-dealkylation sites (N-methyl/N-ethyl adjacent to an activating group) is 1. The molecule has 174 valence electrons. The van der Waals surface area contributed by atoms with E-state index in [2.05, 4.69) is 27.4 Å². The predicted molar refractivity (Wildman–Crippen MR) is 123 cm³/mol. The third-order valence-electron chi connectivity index (χ3n) is 6.01. The number of fused-ring (bicyclic) bond motifs is 1. The van der Waals surface area contributed by atoms with Gasteiger partial charge in [-0.1, -0.05) is 25.1 Å². The Morgan fingerprint density at radius 3 is 2.58 bits per heavy atom. The van der Waals surface area contributed by atoms with Gasteiger partial charge in [0.2, 0.25) is 5.91 Å². The number of amides is 3. The molecule has 7 nitrogen and oxygen atoms in total. The number of hydrogen-bond acceptors (Lipinski definition) is 3. The van der Waals surface area contributed by atoms with E-state index < -0.39 is 23.7 Å². The van der Waals surface area contributed by atoms with Gasteiger partial charge in [-0.15, -0.1) is 0 Å². The van der Waals surface area contributed by atoms with Crippen molar-refractivity contribution in [2.45, 2.75) is 19.4 Å². The van der Waals surface area contributed by atoms with Crippen LogP contribution in [0.15, 0.2) is 48.7 Å². The number of hydrogen-bond donors (Lipinski definition) is 3. The summed E-state index contributed by atoms with van der Waals surface area (Å²) in [6.45, 7) is 5.70. The van der Waals surface area contributed by atoms with Crippen molar-refractivity contribution >= 4 is 28.5 Å². The van der Waals surface area contributed by atoms with Gasteiger partial charge in [-0.3, -0.25) is 4.79 Å². The smallest absolute Gasteiger partial charge is 0.319 e. The number of aromatic nitrogens is 1. The Bertz CT molecular complexity index is 1140. The Balaban J connectivity index is 1.52. The zero-order valence-electron chi connectivity index (χ0n) is 18.4. The topological polar surface area (TPSA) is 80.5 Å². The molecule has 3 amide bonds. The SMILES string of the molecule is CCN1CCN(C(=O)C(Cc2c[nH]c3ccccc23)NC(=O)Nc2ccc(F)cc2F)CC1. The van der Waals surface area contributed by atoms with E-state index >= 15 is 0 Å². The lowest BCUT2D eigenvalue weighted by atomic mass is 10.0. The minimum absolute atomic E-state index is 0.163. The third kappa shape index (κ3) is 5.31. The van der Waals surface area contributed by atoms with E-state index in [9.17, 15) is 18.4 Å². The number of nitrogens with one attached hydrogen (secondary N) is 3. The molecule has 33 heavy (non-hydrogen) atoms. The van der Waals surface area contributed by atoms with E-state index in [1.165, 1.54) is 0 Å². The number of rotatable bonds is 6. The number of aromatic amines is 1. The summed E-state index contributed by atoms with van der Waals surface area (Å²) in [6.07, 6.45) is 2.11. The molecule has 2 heterocycles. The van der Waals surface area contributed by atoms with Gasteiger partial charge in [0, 0.05) is 55.8 Å². The molecule has 1 fully saturated rings. The third-order valence-corrected chi connectivity index (χ3v) is 6.01. The molecule has 1 atom stereocenters. The second-order valence-electron chi connectivity index (χ2n) is 8.10. The second-order valence-corrected chi connectivity index (χ2v) is 8.10. The van der Waals surface area contributed by atoms with E-state index in [1.54, 1.807) is 4.90 Å². The highest BCUT2D eigenvalue weighted by atomic mass is 19.1. The van der Waals surface area contributed by atoms with Crippen LogP contribution in [0.5, 0.6) is 0 Å². The van der Waals surface area contributed by atoms with Crippen molar-refractivity contribution in [2.24, 2.45) is 0 Å². The van der Waals surface area contributed by atoms with E-state index in [-0.39, 0.29) is 18.0 Å². The van der Waals surface area contributed by atoms with Crippen molar-refractivity contribution in [3.63, 3.8) is 0 Å². The van der Waals surface area contributed by atoms with Gasteiger partial charge in [-0.25, -0.2) is 13.6 Å². The highest BCUT2D eigenvalue weighted by Crippen LogP contribution is 2.20. The molecule has 1 aliphatic heterocycles. The first kappa shape index (κ1) is 22.7. The highest BCUT2D eigenvalue weighted by Gasteiger charge is 2.29. The molecule has 3 aromatic rings. The van der Waals surface area contributed by atoms with Crippen LogP contribution < -0.4 is 10.6 Å². The number of benzene rings is 2. The maximum absolute atomic E-state index is 14.0. The summed E-state index contributed by atoms with van der Waals surface area (Å²) in [4.78, 5) is 33.3. The summed E-state index contributed by atoms with van der Waals surface area (Å²) in [5.74, 6) is -1.82. The van der Waals surface area contributed by atoms with Crippen molar-refractivity contribution in [2.75, 3.05) is 38.0 Å². The average Bonchev–Trinajstić information content (AvgIpc) is 3.23. The van der Waals surface area contributed by atoms with Crippen LogP contribution in [0.25, 0.3) is 10.9 Å². The molecule has 3 N–H and O–H groups in total. The van der Waals surface area contributed by atoms with Crippen LogP contribution in [-0.2, 0) is 11.2 Å². The monoisotopic (exact) mass is 455 g/mol. The molecule has 2 aromatic carbocycles. The summed E-state index contributed by atoms with van der Waals surface area (Å²) in [7, 11) is 0. The number of para-hydroxylation sites is 1. The Morgan fingerprint density at radius 2 is 1.85 bits per heavy atom. The Hall–Kier alpha value is -3.46. The normalized spacial score (nSPS) is 15.4. The number of nitrogens with zero attached hydrogens (tertiary/aromatic N) is 2. The molecule has 1 aliphatic rings. The van der Waals surface area contributed by atoms with Crippen LogP contribution in [0.4, 0.5) is 19.3 Å². The molecular weight excluding hydrogens is 428 g/mol. The van der Waals surface area contributed by atoms with Gasteiger partial charge in [0.15, 0.2) is 0 Å². The second kappa shape index (κ2) is 9.99. The Kier molecular flexibility index (Phi) is 6.88. The van der Waals surface area contributed by atoms with Gasteiger partial charge in [0.25, 0.3) is 0 Å². The Morgan fingerprint density at radius 1 is 1.09 bits per heavy atom. The fraction of sp³-hybridized carbons (Fsp3) is 0.333. The molecule has 0 spiro atoms. The fourth-order valence-corrected chi connectivity index (χ4v) is 4.13. The van der Waals surface area contributed by atoms with Gasteiger partial charge in [0.1, 0.15) is 17.7 Å². The summed E-state index contributed by atoms with van der Waals surface area (Å²) >= 11 is 0. The van der Waals surface area contributed by atoms with Gasteiger partial charge in [-0.05, 0) is 30.3 Å². The first-order valence-corrected chi connectivity index (χ1v) is 11.0. The van der Waals surface area contributed by atoms with Gasteiger partial charge >= 0.3 is 6.03 Å². The molecule has 4 rings (SSSR count). The van der Waals surface area contributed by atoms with Crippen LogP contribution in [0.3, 0.4) is 0 Å². The predicted octanol–water partition coefficient (Wildman–Crippen LogP) is 3.34. The first-order valence-electron chi connectivity index (χ1n) is 11.0. The summed E-state index contributed by atoms with van der Waals surface area (Å²) in [5.41, 5.74) is 1.67. The summed E-state index contributed by atoms with van der Waals surface area (Å²) < 4.78 is 27.2. The molecule has 0 aliphatic carbocycles. The number of anilines is 1. The van der Waals surface area contributed by atoms with Gasteiger partial charge < -0.3 is 25.4 Å². The van der Waals surface area contributed by atoms with E-state index in [0.29, 0.717) is 19.2 Å². The lowest BCUT2D eigenvalue weighted by Crippen LogP contribution is -2.56. The lowest BCUT2D eigenvalue weighted by molar-refractivity contribution is -0.134. The molecule has 0 saturated carbocycles. The highest BCUT2D eigenvalue weighted by molar-refractivity contribution is 5.94. The molecular formula is C24H27F2N5O2. The van der Waals surface area contributed by atoms with Crippen LogP contribution in [-0.4, -0.2) is 65.5 Å². The first-order chi connectivity index (χ1) is 15.9. The van der Waals surface area contributed by atoms with Crippen molar-refractivity contribution in [1.82, 2.24) is 20.1 Å². The number of H-pyrrole nitrogens is 1.